The van der Waals surface area contributed by atoms with Gasteiger partial charge in [-0.3, -0.25) is 4.79 Å². The summed E-state index contributed by atoms with van der Waals surface area (Å²) >= 11 is 0. The fourth-order valence-corrected chi connectivity index (χ4v) is 17.9. The number of aliphatic hydroxyl groups excluding tert-OH is 17. The van der Waals surface area contributed by atoms with Crippen molar-refractivity contribution in [3.8, 4) is 0 Å². The van der Waals surface area contributed by atoms with Gasteiger partial charge < -0.3 is 134 Å². The molecule has 0 aromatic heterocycles. The Balaban J connectivity index is 0.880. The van der Waals surface area contributed by atoms with Gasteiger partial charge in [-0.15, -0.1) is 0 Å². The molecule has 500 valence electrons. The molecule has 0 amide bonds. The number of hydrogen-bond donors (Lipinski definition) is 17. The van der Waals surface area contributed by atoms with Crippen molar-refractivity contribution in [2.45, 2.75) is 259 Å². The maximum Gasteiger partial charge on any atom is 0.308 e. The lowest BCUT2D eigenvalue weighted by Gasteiger charge is -2.72. The summed E-state index contributed by atoms with van der Waals surface area (Å²) in [4.78, 5) is 13.7. The minimum absolute atomic E-state index is 0.00480. The molecular weight excluding hydrogens is 1160 g/mol. The number of carbonyl (C=O) groups excluding carboxylic acids is 1. The predicted octanol–water partition coefficient (Wildman–Crippen LogP) is -4.60. The molecule has 5 heterocycles. The Morgan fingerprint density at radius 3 is 1.74 bits per heavy atom. The summed E-state index contributed by atoms with van der Waals surface area (Å²) in [6, 6.07) is 0. The molecule has 33 atom stereocenters. The third-order valence-corrected chi connectivity index (χ3v) is 23.4. The van der Waals surface area contributed by atoms with E-state index in [0.29, 0.717) is 44.9 Å². The normalized spacial score (nSPS) is 54.3. The van der Waals surface area contributed by atoms with E-state index in [0.717, 1.165) is 18.4 Å². The van der Waals surface area contributed by atoms with Crippen LogP contribution in [0.25, 0.3) is 0 Å². The number of carbonyl (C=O) groups is 1. The Kier molecular flexibility index (Phi) is 19.9. The summed E-state index contributed by atoms with van der Waals surface area (Å²) < 4.78 is 59.8. The fourth-order valence-electron chi connectivity index (χ4n) is 17.9. The van der Waals surface area contributed by atoms with Crippen LogP contribution < -0.4 is 0 Å². The van der Waals surface area contributed by atoms with E-state index in [1.165, 1.54) is 0 Å². The molecule has 0 radical (unpaired) electrons. The van der Waals surface area contributed by atoms with Gasteiger partial charge in [-0.1, -0.05) is 53.2 Å². The Morgan fingerprint density at radius 1 is 0.540 bits per heavy atom. The van der Waals surface area contributed by atoms with E-state index in [9.17, 15) is 91.6 Å². The van der Waals surface area contributed by atoms with E-state index in [2.05, 4.69) is 40.7 Å². The second-order valence-electron chi connectivity index (χ2n) is 28.5. The molecule has 0 aromatic carbocycles. The maximum atomic E-state index is 13.7. The average molecular weight is 1250 g/mol. The van der Waals surface area contributed by atoms with Gasteiger partial charge in [0.1, 0.15) is 110 Å². The molecule has 28 heteroatoms. The van der Waals surface area contributed by atoms with Crippen LogP contribution in [0.15, 0.2) is 11.6 Å². The zero-order valence-electron chi connectivity index (χ0n) is 50.2. The first-order valence-electron chi connectivity index (χ1n) is 30.9. The van der Waals surface area contributed by atoms with Gasteiger partial charge in [-0.05, 0) is 103 Å². The van der Waals surface area contributed by atoms with Crippen LogP contribution >= 0.6 is 0 Å². The lowest BCUT2D eigenvalue weighted by molar-refractivity contribution is -0.392. The maximum absolute atomic E-state index is 13.7. The van der Waals surface area contributed by atoms with E-state index in [-0.39, 0.29) is 41.6 Å². The highest BCUT2D eigenvalue weighted by Crippen LogP contribution is 2.76. The number of esters is 1. The third kappa shape index (κ3) is 11.6. The predicted molar refractivity (Wildman–Crippen MR) is 291 cm³/mol. The third-order valence-electron chi connectivity index (χ3n) is 23.4. The first-order chi connectivity index (χ1) is 40.9. The molecule has 10 aliphatic rings. The van der Waals surface area contributed by atoms with Gasteiger partial charge in [0, 0.05) is 5.41 Å². The molecule has 10 rings (SSSR count). The number of ether oxygens (including phenoxy) is 10. The molecule has 17 N–H and O–H groups in total. The quantitative estimate of drug-likeness (QED) is 0.0417. The summed E-state index contributed by atoms with van der Waals surface area (Å²) in [6.07, 6.45) is -33.1. The number of aliphatic hydroxyl groups is 17. The van der Waals surface area contributed by atoms with Gasteiger partial charge in [-0.2, -0.15) is 0 Å². The SMILES string of the molecule is CC1(C)[C@@H](O[C@@H]2OC[C@H](O[C@@H]3O[C@H](CO)[C@@H](O)[C@H](O)[C@H]3O[C@@H]3OC[C@@H](O)[C@H](O)[C@H]3O)[C@H](O)[C@H]2O[C@@H]2O[C@H](CO)[C@@H](O)[C@H](O)[C@H]2O)CC[C@]2(C)[C@H]3CC=C4[C@@H]5C[C@@](C)(CC(=O)O[C@@H]6O[C@H](CO)[C@@H](O)[C@H](O)[C@H]6O)CC[C@]5(CO)[C@H](O)C[C@@]4(C)[C@]3(C)CC[C@@H]12. The van der Waals surface area contributed by atoms with E-state index in [1.54, 1.807) is 0 Å². The van der Waals surface area contributed by atoms with E-state index < -0.39 is 214 Å². The van der Waals surface area contributed by atoms with E-state index >= 15 is 0 Å². The van der Waals surface area contributed by atoms with Crippen molar-refractivity contribution >= 4 is 5.97 Å². The Labute approximate surface area is 504 Å². The number of allylic oxidation sites excluding steroid dienone is 2. The second-order valence-corrected chi connectivity index (χ2v) is 28.5. The fraction of sp³-hybridized carbons (Fsp3) is 0.949. The number of hydrogen-bond acceptors (Lipinski definition) is 28. The molecule has 87 heavy (non-hydrogen) atoms. The van der Waals surface area contributed by atoms with Gasteiger partial charge >= 0.3 is 5.97 Å². The summed E-state index contributed by atoms with van der Waals surface area (Å²) in [7, 11) is 0. The largest absolute Gasteiger partial charge is 0.433 e. The lowest BCUT2D eigenvalue weighted by Crippen LogP contribution is -2.68. The standard InChI is InChI=1S/C59H96O28/c1-54(2)31-9-12-57(5)32(8-7-24-25-15-55(3,13-14-59(25,23-63)33(65)16-58(24,57)6)17-35(66)85-50-45(76)41(72)37(68)27(18-60)80-50)56(31,4)11-10-34(54)84-52-47(87-51-46(77)42(73)38(69)28(19-61)81-51)40(71)30(22-79-52)83-53-48(43(74)39(70)29(20-62)82-53)86-49-44(75)36(67)26(64)21-78-49/h7,25-34,36-53,60-65,67-77H,8-23H2,1-6H3/t25-,26+,27+,28+,29+,30-,31-,32+,33+,34-,36-,37+,38+,39+,40-,41-,42-,43-,44+,45+,46+,47+,48+,49-,50-,51-,52-,53-,55-,56-,57+,58+,59+/m0/s1. The molecule has 5 aliphatic heterocycles. The average Bonchev–Trinajstić information content (AvgIpc) is 0.678. The van der Waals surface area contributed by atoms with Crippen LogP contribution in [-0.4, -0.2) is 286 Å². The highest BCUT2D eigenvalue weighted by molar-refractivity contribution is 5.70. The Morgan fingerprint density at radius 2 is 1.10 bits per heavy atom. The van der Waals surface area contributed by atoms with Crippen molar-refractivity contribution in [1.82, 2.24) is 0 Å². The van der Waals surface area contributed by atoms with Gasteiger partial charge in [0.15, 0.2) is 25.2 Å². The number of fused-ring (bicyclic) bond motifs is 7. The van der Waals surface area contributed by atoms with Gasteiger partial charge in [0.25, 0.3) is 0 Å². The van der Waals surface area contributed by atoms with Crippen LogP contribution in [0, 0.1) is 50.2 Å². The molecule has 5 saturated heterocycles. The van der Waals surface area contributed by atoms with Crippen molar-refractivity contribution in [2.75, 3.05) is 39.6 Å². The Hall–Kier alpha value is -1.83. The van der Waals surface area contributed by atoms with Crippen LogP contribution in [0.4, 0.5) is 0 Å². The molecule has 9 fully saturated rings. The van der Waals surface area contributed by atoms with Crippen LogP contribution in [0.5, 0.6) is 0 Å². The minimum Gasteiger partial charge on any atom is -0.433 e. The topological polar surface area (TPSA) is 453 Å². The Bertz CT molecular complexity index is 2400. The van der Waals surface area contributed by atoms with Crippen molar-refractivity contribution in [1.29, 1.82) is 0 Å². The van der Waals surface area contributed by atoms with Gasteiger partial charge in [-0.25, -0.2) is 0 Å². The summed E-state index contributed by atoms with van der Waals surface area (Å²) in [5, 5.41) is 184. The zero-order chi connectivity index (χ0) is 63.4. The molecule has 0 unspecified atom stereocenters. The molecule has 0 aromatic rings. The summed E-state index contributed by atoms with van der Waals surface area (Å²) in [5.41, 5.74) is -2.35. The summed E-state index contributed by atoms with van der Waals surface area (Å²) in [6.45, 7) is 9.50. The van der Waals surface area contributed by atoms with Crippen LogP contribution in [0.2, 0.25) is 0 Å². The minimum atomic E-state index is -1.94. The van der Waals surface area contributed by atoms with Crippen LogP contribution in [0.1, 0.15) is 106 Å². The van der Waals surface area contributed by atoms with Crippen LogP contribution in [-0.2, 0) is 52.2 Å². The van der Waals surface area contributed by atoms with E-state index in [4.69, 9.17) is 47.4 Å². The molecule has 4 saturated carbocycles. The molecule has 0 bridgehead atoms. The molecule has 28 nitrogen and oxygen atoms in total. The van der Waals surface area contributed by atoms with Crippen molar-refractivity contribution in [2.24, 2.45) is 50.2 Å². The molecule has 0 spiro atoms. The van der Waals surface area contributed by atoms with Gasteiger partial charge in [0.05, 0.1) is 58.3 Å². The van der Waals surface area contributed by atoms with Gasteiger partial charge in [0.2, 0.25) is 6.29 Å². The lowest BCUT2D eigenvalue weighted by atomic mass is 9.33. The first kappa shape index (κ1) is 68.0. The zero-order valence-corrected chi connectivity index (χ0v) is 50.2. The summed E-state index contributed by atoms with van der Waals surface area (Å²) in [5.74, 6) is -0.967. The van der Waals surface area contributed by atoms with Crippen LogP contribution in [0.3, 0.4) is 0 Å². The molecular formula is C59H96O28. The van der Waals surface area contributed by atoms with Crippen molar-refractivity contribution < 1.29 is 139 Å². The monoisotopic (exact) mass is 1250 g/mol. The highest BCUT2D eigenvalue weighted by atomic mass is 16.8. The smallest absolute Gasteiger partial charge is 0.308 e. The van der Waals surface area contributed by atoms with E-state index in [1.807, 2.05) is 6.92 Å². The highest BCUT2D eigenvalue weighted by Gasteiger charge is 2.71. The first-order valence-corrected chi connectivity index (χ1v) is 30.9. The number of rotatable bonds is 15. The van der Waals surface area contributed by atoms with Crippen molar-refractivity contribution in [3.05, 3.63) is 11.6 Å². The van der Waals surface area contributed by atoms with Crippen molar-refractivity contribution in [3.63, 3.8) is 0 Å². The molecule has 5 aliphatic carbocycles. The second kappa shape index (κ2) is 25.5.